The number of carboxylic acid groups (broad SMARTS) is 1. The van der Waals surface area contributed by atoms with Gasteiger partial charge in [-0.2, -0.15) is 4.68 Å². The van der Waals surface area contributed by atoms with Gasteiger partial charge in [-0.1, -0.05) is 18.2 Å². The molecule has 238 valence electrons. The summed E-state index contributed by atoms with van der Waals surface area (Å²) in [6.45, 7) is 4.92. The molecule has 0 saturated carbocycles. The van der Waals surface area contributed by atoms with Crippen molar-refractivity contribution in [3.05, 3.63) is 93.7 Å². The van der Waals surface area contributed by atoms with Gasteiger partial charge >= 0.3 is 11.7 Å². The number of carbonyl (C=O) groups is 1. The van der Waals surface area contributed by atoms with Crippen molar-refractivity contribution in [3.8, 4) is 22.9 Å². The number of nitrogens with two attached hydrogens (primary N) is 1. The fraction of sp³-hybridized carbons (Fsp3) is 0.312. The summed E-state index contributed by atoms with van der Waals surface area (Å²) in [4.78, 5) is 29.9. The summed E-state index contributed by atoms with van der Waals surface area (Å²) in [7, 11) is 5.44. The van der Waals surface area contributed by atoms with Crippen molar-refractivity contribution in [3.63, 3.8) is 0 Å². The molecular formula is C32H39N7O6. The van der Waals surface area contributed by atoms with E-state index in [1.807, 2.05) is 38.9 Å². The molecule has 0 saturated heterocycles. The normalized spacial score (nSPS) is 12.4. The molecule has 0 bridgehead atoms. The topological polar surface area (TPSA) is 181 Å². The summed E-state index contributed by atoms with van der Waals surface area (Å²) in [5.74, 6) is 0.509. The fourth-order valence-corrected chi connectivity index (χ4v) is 4.95. The van der Waals surface area contributed by atoms with Crippen LogP contribution in [0.25, 0.3) is 5.69 Å². The van der Waals surface area contributed by atoms with E-state index >= 15 is 0 Å². The third kappa shape index (κ3) is 8.00. The van der Waals surface area contributed by atoms with E-state index in [0.29, 0.717) is 58.5 Å². The molecule has 1 heterocycles. The van der Waals surface area contributed by atoms with Crippen LogP contribution in [0, 0.1) is 5.41 Å². The maximum Gasteiger partial charge on any atom is 0.348 e. The summed E-state index contributed by atoms with van der Waals surface area (Å²) in [6.07, 6.45) is -0.450. The van der Waals surface area contributed by atoms with Crippen LogP contribution in [0.4, 0.5) is 5.69 Å². The van der Waals surface area contributed by atoms with Crippen molar-refractivity contribution in [2.75, 3.05) is 39.7 Å². The lowest BCUT2D eigenvalue weighted by atomic mass is 10.0. The van der Waals surface area contributed by atoms with Crippen LogP contribution >= 0.6 is 0 Å². The van der Waals surface area contributed by atoms with E-state index in [-0.39, 0.29) is 24.2 Å². The number of nitrogens with one attached hydrogen (secondary N) is 3. The number of hydrogen-bond acceptors (Lipinski definition) is 9. The number of nitrogen functional groups attached to an aromatic ring is 1. The van der Waals surface area contributed by atoms with Gasteiger partial charge in [0.05, 0.1) is 20.1 Å². The molecule has 45 heavy (non-hydrogen) atoms. The second-order valence-electron chi connectivity index (χ2n) is 10.7. The number of ether oxygens (including phenoxy) is 3. The fourth-order valence-electron chi connectivity index (χ4n) is 4.95. The van der Waals surface area contributed by atoms with Gasteiger partial charge in [-0.25, -0.2) is 4.79 Å². The first kappa shape index (κ1) is 32.6. The Hall–Kier alpha value is -5.30. The van der Waals surface area contributed by atoms with Crippen molar-refractivity contribution >= 4 is 17.5 Å². The number of para-hydroxylation sites is 2. The molecule has 2 atom stereocenters. The van der Waals surface area contributed by atoms with Crippen molar-refractivity contribution in [1.82, 2.24) is 19.7 Å². The third-order valence-electron chi connectivity index (χ3n) is 6.83. The van der Waals surface area contributed by atoms with Crippen LogP contribution in [0.3, 0.4) is 0 Å². The zero-order chi connectivity index (χ0) is 32.7. The summed E-state index contributed by atoms with van der Waals surface area (Å²) in [5, 5.41) is 25.5. The molecule has 13 heteroatoms. The van der Waals surface area contributed by atoms with Crippen molar-refractivity contribution < 1.29 is 24.1 Å². The molecule has 4 rings (SSSR count). The van der Waals surface area contributed by atoms with Crippen molar-refractivity contribution in [1.29, 1.82) is 5.41 Å². The van der Waals surface area contributed by atoms with E-state index in [9.17, 15) is 14.7 Å². The average molecular weight is 618 g/mol. The van der Waals surface area contributed by atoms with Crippen LogP contribution in [0.15, 0.2) is 65.5 Å². The predicted molar refractivity (Wildman–Crippen MR) is 171 cm³/mol. The molecule has 0 aliphatic heterocycles. The number of aromatic amines is 1. The Morgan fingerprint density at radius 1 is 1.13 bits per heavy atom. The zero-order valence-corrected chi connectivity index (χ0v) is 26.0. The maximum absolute atomic E-state index is 13.3. The Kier molecular flexibility index (Phi) is 10.5. The first-order chi connectivity index (χ1) is 21.5. The number of likely N-dealkylation sites (N-methyl/N-ethyl adjacent to an activating group) is 1. The number of amidine groups is 1. The first-order valence-corrected chi connectivity index (χ1v) is 14.4. The van der Waals surface area contributed by atoms with Gasteiger partial charge in [0.2, 0.25) is 0 Å². The first-order valence-electron chi connectivity index (χ1n) is 14.4. The SMILES string of the molecule is CCOc1cc(C(Nc2ccc(C(=N)N)cc2CC(=O)O)c2nn(-c3ccccc3OC)c(=O)[nH]2)ccc1OC(C)CN(C)C. The highest BCUT2D eigenvalue weighted by atomic mass is 16.5. The Balaban J connectivity index is 1.86. The Morgan fingerprint density at radius 2 is 1.89 bits per heavy atom. The molecule has 13 nitrogen and oxygen atoms in total. The second-order valence-corrected chi connectivity index (χ2v) is 10.7. The average Bonchev–Trinajstić information content (AvgIpc) is 3.37. The summed E-state index contributed by atoms with van der Waals surface area (Å²) in [5.41, 5.74) is 7.53. The van der Waals surface area contributed by atoms with Gasteiger partial charge in [0.1, 0.15) is 29.4 Å². The van der Waals surface area contributed by atoms with Gasteiger partial charge < -0.3 is 35.3 Å². The highest BCUT2D eigenvalue weighted by Gasteiger charge is 2.25. The smallest absolute Gasteiger partial charge is 0.348 e. The Morgan fingerprint density at radius 3 is 2.56 bits per heavy atom. The molecule has 0 aliphatic rings. The standard InChI is InChI=1S/C32H39N7O6/c1-6-44-27-16-20(12-14-26(27)45-19(2)18-38(3)4)29(35-23-13-11-21(30(33)34)15-22(23)17-28(40)41)31-36-32(42)39(37-31)24-9-7-8-10-25(24)43-5/h7-16,19,29,35H,6,17-18H2,1-5H3,(H3,33,34)(H,40,41)(H,36,37,42). The number of benzene rings is 3. The lowest BCUT2D eigenvalue weighted by molar-refractivity contribution is -0.136. The number of hydrogen-bond donors (Lipinski definition) is 5. The van der Waals surface area contributed by atoms with Crippen LogP contribution in [0.5, 0.6) is 17.2 Å². The summed E-state index contributed by atoms with van der Waals surface area (Å²) >= 11 is 0. The molecule has 0 amide bonds. The van der Waals surface area contributed by atoms with E-state index < -0.39 is 17.7 Å². The molecule has 2 unspecified atom stereocenters. The van der Waals surface area contributed by atoms with Gasteiger partial charge in [-0.3, -0.25) is 15.2 Å². The van der Waals surface area contributed by atoms with Crippen LogP contribution < -0.4 is 31.0 Å². The van der Waals surface area contributed by atoms with Crippen LogP contribution in [0.1, 0.15) is 42.4 Å². The van der Waals surface area contributed by atoms with Gasteiger partial charge in [0.15, 0.2) is 17.3 Å². The monoisotopic (exact) mass is 617 g/mol. The molecule has 6 N–H and O–H groups in total. The molecular weight excluding hydrogens is 578 g/mol. The van der Waals surface area contributed by atoms with Crippen LogP contribution in [-0.4, -0.2) is 77.0 Å². The van der Waals surface area contributed by atoms with Crippen molar-refractivity contribution in [2.45, 2.75) is 32.4 Å². The zero-order valence-electron chi connectivity index (χ0n) is 26.0. The minimum Gasteiger partial charge on any atom is -0.494 e. The van der Waals surface area contributed by atoms with Gasteiger partial charge in [0, 0.05) is 17.8 Å². The van der Waals surface area contributed by atoms with Gasteiger partial charge in [-0.05, 0) is 81.5 Å². The molecule has 0 aliphatic carbocycles. The Bertz CT molecular complexity index is 1710. The van der Waals surface area contributed by atoms with Gasteiger partial charge in [-0.15, -0.1) is 5.10 Å². The summed E-state index contributed by atoms with van der Waals surface area (Å²) < 4.78 is 18.8. The number of aliphatic carboxylic acids is 1. The molecule has 3 aromatic carbocycles. The number of nitrogens with zero attached hydrogens (tertiary/aromatic N) is 3. The number of anilines is 1. The highest BCUT2D eigenvalue weighted by Crippen LogP contribution is 2.35. The molecule has 4 aromatic rings. The number of carboxylic acids is 1. The van der Waals surface area contributed by atoms with E-state index in [4.69, 9.17) is 25.4 Å². The van der Waals surface area contributed by atoms with Crippen LogP contribution in [-0.2, 0) is 11.2 Å². The lowest BCUT2D eigenvalue weighted by Crippen LogP contribution is -2.28. The molecule has 0 spiro atoms. The number of aromatic nitrogens is 3. The Labute approximate surface area is 261 Å². The quantitative estimate of drug-likeness (QED) is 0.0980. The van der Waals surface area contributed by atoms with Crippen LogP contribution in [0.2, 0.25) is 0 Å². The highest BCUT2D eigenvalue weighted by molar-refractivity contribution is 5.96. The summed E-state index contributed by atoms with van der Waals surface area (Å²) in [6, 6.07) is 16.5. The number of rotatable bonds is 15. The van der Waals surface area contributed by atoms with E-state index in [2.05, 4.69) is 15.4 Å². The lowest BCUT2D eigenvalue weighted by Gasteiger charge is -2.23. The van der Waals surface area contributed by atoms with E-state index in [1.54, 1.807) is 54.6 Å². The van der Waals surface area contributed by atoms with E-state index in [1.165, 1.54) is 11.8 Å². The molecule has 1 aromatic heterocycles. The van der Waals surface area contributed by atoms with Gasteiger partial charge in [0.25, 0.3) is 0 Å². The number of methoxy groups -OCH3 is 1. The minimum absolute atomic E-state index is 0.120. The van der Waals surface area contributed by atoms with Crippen molar-refractivity contribution in [2.24, 2.45) is 5.73 Å². The van der Waals surface area contributed by atoms with E-state index in [0.717, 1.165) is 0 Å². The predicted octanol–water partition coefficient (Wildman–Crippen LogP) is 3.41. The molecule has 0 radical (unpaired) electrons. The maximum atomic E-state index is 13.3. The second kappa shape index (κ2) is 14.4. The molecule has 0 fully saturated rings. The largest absolute Gasteiger partial charge is 0.494 e. The third-order valence-corrected chi connectivity index (χ3v) is 6.83. The number of H-pyrrole nitrogens is 1. The minimum atomic E-state index is -1.06.